The fourth-order valence-corrected chi connectivity index (χ4v) is 3.63. The number of rotatable bonds is 2. The minimum Gasteiger partial charge on any atom is -0.339 e. The average Bonchev–Trinajstić information content (AvgIpc) is 2.54. The summed E-state index contributed by atoms with van der Waals surface area (Å²) in [6.45, 7) is 6.32. The van der Waals surface area contributed by atoms with Gasteiger partial charge in [0.15, 0.2) is 0 Å². The highest BCUT2D eigenvalue weighted by Gasteiger charge is 2.26. The lowest BCUT2D eigenvalue weighted by Crippen LogP contribution is -2.39. The number of carbonyl (C=O) groups excluding carboxylic acids is 1. The molecule has 1 aliphatic carbocycles. The molecule has 1 fully saturated rings. The molecule has 1 saturated carbocycles. The predicted molar refractivity (Wildman–Crippen MR) is 94.7 cm³/mol. The summed E-state index contributed by atoms with van der Waals surface area (Å²) in [6, 6.07) is 8.44. The quantitative estimate of drug-likeness (QED) is 0.818. The Morgan fingerprint density at radius 2 is 1.83 bits per heavy atom. The number of benzene rings is 1. The van der Waals surface area contributed by atoms with Gasteiger partial charge in [0.2, 0.25) is 0 Å². The zero-order valence-corrected chi connectivity index (χ0v) is 14.6. The number of fused-ring (bicyclic) bond motifs is 1. The summed E-state index contributed by atoms with van der Waals surface area (Å²) in [7, 11) is 1.96. The van der Waals surface area contributed by atoms with Crippen LogP contribution in [0.2, 0.25) is 0 Å². The van der Waals surface area contributed by atoms with Crippen LogP contribution in [0.1, 0.15) is 54.2 Å². The first-order valence-corrected chi connectivity index (χ1v) is 8.61. The third-order valence-electron chi connectivity index (χ3n) is 5.18. The van der Waals surface area contributed by atoms with E-state index in [1.165, 1.54) is 12.8 Å². The molecule has 0 radical (unpaired) electrons. The zero-order chi connectivity index (χ0) is 16.6. The van der Waals surface area contributed by atoms with Crippen LogP contribution < -0.4 is 0 Å². The van der Waals surface area contributed by atoms with Crippen molar-refractivity contribution >= 4 is 16.8 Å². The highest BCUT2D eigenvalue weighted by Crippen LogP contribution is 2.28. The Labute approximate surface area is 138 Å². The average molecular weight is 310 g/mol. The van der Waals surface area contributed by atoms with Crippen LogP contribution in [0, 0.1) is 19.8 Å². The minimum atomic E-state index is 0.130. The number of amides is 1. The van der Waals surface area contributed by atoms with Gasteiger partial charge in [-0.05, 0) is 63.6 Å². The molecule has 0 saturated heterocycles. The van der Waals surface area contributed by atoms with Gasteiger partial charge < -0.3 is 4.90 Å². The van der Waals surface area contributed by atoms with E-state index in [1.54, 1.807) is 0 Å². The van der Waals surface area contributed by atoms with Gasteiger partial charge in [0.1, 0.15) is 0 Å². The second kappa shape index (κ2) is 6.31. The maximum atomic E-state index is 13.1. The Kier molecular flexibility index (Phi) is 4.38. The van der Waals surface area contributed by atoms with E-state index in [-0.39, 0.29) is 5.91 Å². The van der Waals surface area contributed by atoms with Gasteiger partial charge in [-0.15, -0.1) is 0 Å². The Balaban J connectivity index is 1.95. The van der Waals surface area contributed by atoms with Gasteiger partial charge in [-0.25, -0.2) is 0 Å². The number of hydrogen-bond donors (Lipinski definition) is 0. The van der Waals surface area contributed by atoms with E-state index >= 15 is 0 Å². The fraction of sp³-hybridized carbons (Fsp3) is 0.500. The van der Waals surface area contributed by atoms with Crippen molar-refractivity contribution in [1.29, 1.82) is 0 Å². The fourth-order valence-electron chi connectivity index (χ4n) is 3.63. The van der Waals surface area contributed by atoms with Crippen LogP contribution in [0.5, 0.6) is 0 Å². The predicted octanol–water partition coefficient (Wildman–Crippen LogP) is 4.50. The van der Waals surface area contributed by atoms with Crippen molar-refractivity contribution < 1.29 is 4.79 Å². The molecule has 0 N–H and O–H groups in total. The Bertz CT molecular complexity index is 730. The summed E-state index contributed by atoms with van der Waals surface area (Å²) in [5.74, 6) is 0.923. The molecule has 0 aliphatic heterocycles. The van der Waals surface area contributed by atoms with Crippen molar-refractivity contribution in [3.05, 3.63) is 41.1 Å². The molecule has 1 amide bonds. The van der Waals surface area contributed by atoms with Gasteiger partial charge in [0.25, 0.3) is 5.91 Å². The topological polar surface area (TPSA) is 33.2 Å². The Morgan fingerprint density at radius 1 is 1.13 bits per heavy atom. The van der Waals surface area contributed by atoms with Crippen LogP contribution in [-0.2, 0) is 0 Å². The molecule has 3 rings (SSSR count). The first kappa shape index (κ1) is 16.0. The number of hydrogen-bond acceptors (Lipinski definition) is 2. The van der Waals surface area contributed by atoms with Crippen molar-refractivity contribution in [2.24, 2.45) is 5.92 Å². The van der Waals surface area contributed by atoms with Crippen molar-refractivity contribution in [2.45, 2.75) is 52.5 Å². The summed E-state index contributed by atoms with van der Waals surface area (Å²) in [4.78, 5) is 19.6. The first-order chi connectivity index (χ1) is 11.0. The van der Waals surface area contributed by atoms with Gasteiger partial charge in [-0.2, -0.15) is 0 Å². The molecule has 3 heteroatoms. The normalized spacial score (nSPS) is 21.4. The number of nitrogens with zero attached hydrogens (tertiary/aromatic N) is 2. The number of carbonyl (C=O) groups is 1. The molecule has 1 aromatic heterocycles. The Hall–Kier alpha value is -1.90. The van der Waals surface area contributed by atoms with Gasteiger partial charge in [-0.1, -0.05) is 18.6 Å². The van der Waals surface area contributed by atoms with Gasteiger partial charge in [0.05, 0.1) is 11.1 Å². The van der Waals surface area contributed by atoms with E-state index in [2.05, 4.69) is 31.0 Å². The molecule has 1 aliphatic rings. The first-order valence-electron chi connectivity index (χ1n) is 8.61. The van der Waals surface area contributed by atoms with E-state index in [4.69, 9.17) is 0 Å². The van der Waals surface area contributed by atoms with Crippen LogP contribution in [0.25, 0.3) is 10.9 Å². The van der Waals surface area contributed by atoms with E-state index < -0.39 is 0 Å². The van der Waals surface area contributed by atoms with Gasteiger partial charge in [0, 0.05) is 24.2 Å². The van der Waals surface area contributed by atoms with Crippen LogP contribution in [-0.4, -0.2) is 28.9 Å². The van der Waals surface area contributed by atoms with Gasteiger partial charge >= 0.3 is 0 Å². The standard InChI is InChI=1S/C20H26N2O/c1-13-5-8-16(9-6-13)22(4)20(23)18-12-15(3)21-19-10-7-14(2)11-17(18)19/h7,10-13,16H,5-6,8-9H2,1-4H3. The molecule has 2 aromatic rings. The lowest BCUT2D eigenvalue weighted by Gasteiger charge is -2.34. The number of aryl methyl sites for hydroxylation is 2. The second-order valence-corrected chi connectivity index (χ2v) is 7.16. The molecule has 0 unspecified atom stereocenters. The van der Waals surface area contributed by atoms with Crippen molar-refractivity contribution in [3.8, 4) is 0 Å². The smallest absolute Gasteiger partial charge is 0.254 e. The SMILES string of the molecule is Cc1ccc2nc(C)cc(C(=O)N(C)C3CCC(C)CC3)c2c1. The van der Waals surface area contributed by atoms with Crippen LogP contribution in [0.3, 0.4) is 0 Å². The molecular weight excluding hydrogens is 284 g/mol. The van der Waals surface area contributed by atoms with E-state index in [0.29, 0.717) is 6.04 Å². The summed E-state index contributed by atoms with van der Waals surface area (Å²) in [5.41, 5.74) is 3.75. The molecule has 122 valence electrons. The van der Waals surface area contributed by atoms with Crippen LogP contribution >= 0.6 is 0 Å². The van der Waals surface area contributed by atoms with Crippen LogP contribution in [0.15, 0.2) is 24.3 Å². The number of pyridine rings is 1. The third-order valence-corrected chi connectivity index (χ3v) is 5.18. The van der Waals surface area contributed by atoms with E-state index in [9.17, 15) is 4.79 Å². The van der Waals surface area contributed by atoms with Crippen molar-refractivity contribution in [2.75, 3.05) is 7.05 Å². The van der Waals surface area contributed by atoms with Crippen LogP contribution in [0.4, 0.5) is 0 Å². The lowest BCUT2D eigenvalue weighted by atomic mass is 9.86. The molecule has 1 aromatic carbocycles. The molecule has 3 nitrogen and oxygen atoms in total. The molecule has 1 heterocycles. The van der Waals surface area contributed by atoms with E-state index in [0.717, 1.165) is 46.5 Å². The maximum absolute atomic E-state index is 13.1. The highest BCUT2D eigenvalue weighted by atomic mass is 16.2. The third kappa shape index (κ3) is 3.24. The monoisotopic (exact) mass is 310 g/mol. The maximum Gasteiger partial charge on any atom is 0.254 e. The summed E-state index contributed by atoms with van der Waals surface area (Å²) >= 11 is 0. The summed E-state index contributed by atoms with van der Waals surface area (Å²) < 4.78 is 0. The van der Waals surface area contributed by atoms with Crippen molar-refractivity contribution in [3.63, 3.8) is 0 Å². The molecular formula is C20H26N2O. The molecule has 0 atom stereocenters. The van der Waals surface area contributed by atoms with Crippen molar-refractivity contribution in [1.82, 2.24) is 9.88 Å². The van der Waals surface area contributed by atoms with E-state index in [1.807, 2.05) is 31.0 Å². The zero-order valence-electron chi connectivity index (χ0n) is 14.6. The number of aromatic nitrogens is 1. The summed E-state index contributed by atoms with van der Waals surface area (Å²) in [6.07, 6.45) is 4.67. The highest BCUT2D eigenvalue weighted by molar-refractivity contribution is 6.06. The molecule has 0 bridgehead atoms. The second-order valence-electron chi connectivity index (χ2n) is 7.16. The molecule has 0 spiro atoms. The summed E-state index contributed by atoms with van der Waals surface area (Å²) in [5, 5.41) is 0.969. The molecule has 23 heavy (non-hydrogen) atoms. The largest absolute Gasteiger partial charge is 0.339 e. The van der Waals surface area contributed by atoms with Gasteiger partial charge in [-0.3, -0.25) is 9.78 Å². The Morgan fingerprint density at radius 3 is 2.52 bits per heavy atom. The minimum absolute atomic E-state index is 0.130. The lowest BCUT2D eigenvalue weighted by molar-refractivity contribution is 0.0681.